The molecule has 2 aromatic rings. The van der Waals surface area contributed by atoms with Gasteiger partial charge in [-0.2, -0.15) is 0 Å². The minimum Gasteiger partial charge on any atom is -0.488 e. The summed E-state index contributed by atoms with van der Waals surface area (Å²) in [5.74, 6) is -0.0315. The Hall–Kier alpha value is -2.33. The number of esters is 1. The molecule has 1 N–H and O–H groups in total. The summed E-state index contributed by atoms with van der Waals surface area (Å²) in [6.07, 6.45) is -0.0308. The Labute approximate surface area is 130 Å². The summed E-state index contributed by atoms with van der Waals surface area (Å²) in [6, 6.07) is 14.8. The van der Waals surface area contributed by atoms with E-state index in [0.717, 1.165) is 5.56 Å². The third-order valence-corrected chi connectivity index (χ3v) is 3.42. The van der Waals surface area contributed by atoms with E-state index >= 15 is 0 Å². The number of hydrogen-bond acceptors (Lipinski definition) is 4. The van der Waals surface area contributed by atoms with Crippen LogP contribution in [0.2, 0.25) is 0 Å². The summed E-state index contributed by atoms with van der Waals surface area (Å²) in [6.45, 7) is 2.24. The summed E-state index contributed by atoms with van der Waals surface area (Å²) in [7, 11) is 1.33. The summed E-state index contributed by atoms with van der Waals surface area (Å²) >= 11 is 0. The zero-order valence-electron chi connectivity index (χ0n) is 12.8. The number of carbonyl (C=O) groups is 1. The Morgan fingerprint density at radius 2 is 1.91 bits per heavy atom. The van der Waals surface area contributed by atoms with Crippen LogP contribution in [0.15, 0.2) is 48.5 Å². The number of ether oxygens (including phenoxy) is 2. The van der Waals surface area contributed by atoms with E-state index in [9.17, 15) is 9.90 Å². The molecule has 0 aliphatic heterocycles. The van der Waals surface area contributed by atoms with Crippen molar-refractivity contribution in [3.63, 3.8) is 0 Å². The van der Waals surface area contributed by atoms with Gasteiger partial charge in [-0.25, -0.2) is 4.79 Å². The van der Waals surface area contributed by atoms with Gasteiger partial charge in [0.1, 0.15) is 17.9 Å². The molecule has 1 atom stereocenters. The first kappa shape index (κ1) is 16.0. The molecule has 0 spiro atoms. The first-order valence-electron chi connectivity index (χ1n) is 7.22. The summed E-state index contributed by atoms with van der Waals surface area (Å²) in [4.78, 5) is 11.9. The monoisotopic (exact) mass is 300 g/mol. The second-order valence-electron chi connectivity index (χ2n) is 4.95. The van der Waals surface area contributed by atoms with Crippen LogP contribution in [0.1, 0.15) is 40.9 Å². The number of methoxy groups -OCH3 is 1. The van der Waals surface area contributed by atoms with Gasteiger partial charge in [0.25, 0.3) is 0 Å². The quantitative estimate of drug-likeness (QED) is 0.830. The maximum absolute atomic E-state index is 11.9. The number of aliphatic hydroxyl groups is 1. The predicted molar refractivity (Wildman–Crippen MR) is 83.8 cm³/mol. The van der Waals surface area contributed by atoms with Gasteiger partial charge in [-0.3, -0.25) is 0 Å². The molecule has 0 saturated carbocycles. The lowest BCUT2D eigenvalue weighted by atomic mass is 10.0. The van der Waals surface area contributed by atoms with Gasteiger partial charge < -0.3 is 14.6 Å². The van der Waals surface area contributed by atoms with Gasteiger partial charge in [-0.15, -0.1) is 0 Å². The van der Waals surface area contributed by atoms with E-state index in [0.29, 0.717) is 29.9 Å². The summed E-state index contributed by atoms with van der Waals surface area (Å²) < 4.78 is 10.5. The van der Waals surface area contributed by atoms with Crippen LogP contribution >= 0.6 is 0 Å². The fourth-order valence-corrected chi connectivity index (χ4v) is 2.12. The highest BCUT2D eigenvalue weighted by molar-refractivity contribution is 5.92. The van der Waals surface area contributed by atoms with Crippen molar-refractivity contribution in [1.82, 2.24) is 0 Å². The number of hydrogen-bond donors (Lipinski definition) is 1. The van der Waals surface area contributed by atoms with Crippen LogP contribution in [0.25, 0.3) is 0 Å². The van der Waals surface area contributed by atoms with Crippen molar-refractivity contribution in [3.8, 4) is 5.75 Å². The maximum atomic E-state index is 11.9. The largest absolute Gasteiger partial charge is 0.488 e. The molecule has 0 radical (unpaired) electrons. The molecular weight excluding hydrogens is 280 g/mol. The molecule has 0 bridgehead atoms. The lowest BCUT2D eigenvalue weighted by molar-refractivity contribution is 0.0595. The van der Waals surface area contributed by atoms with Crippen molar-refractivity contribution in [2.75, 3.05) is 7.11 Å². The van der Waals surface area contributed by atoms with E-state index in [2.05, 4.69) is 0 Å². The molecule has 0 heterocycles. The van der Waals surface area contributed by atoms with Gasteiger partial charge in [0.15, 0.2) is 0 Å². The Kier molecular flexibility index (Phi) is 5.55. The highest BCUT2D eigenvalue weighted by Crippen LogP contribution is 2.26. The second-order valence-corrected chi connectivity index (χ2v) is 4.95. The molecule has 116 valence electrons. The summed E-state index contributed by atoms with van der Waals surface area (Å²) in [5, 5.41) is 9.91. The van der Waals surface area contributed by atoms with Crippen LogP contribution in [0.4, 0.5) is 0 Å². The van der Waals surface area contributed by atoms with E-state index in [1.807, 2.05) is 37.3 Å². The van der Waals surface area contributed by atoms with Gasteiger partial charge in [-0.1, -0.05) is 43.3 Å². The fourth-order valence-electron chi connectivity index (χ4n) is 2.12. The Morgan fingerprint density at radius 1 is 1.18 bits per heavy atom. The van der Waals surface area contributed by atoms with Crippen LogP contribution in [0.3, 0.4) is 0 Å². The first-order chi connectivity index (χ1) is 10.7. The standard InChI is InChI=1S/C18H20O4/c1-3-16(19)14-9-10-17(15(11-14)18(20)21-2)22-12-13-7-5-4-6-8-13/h4-11,16,19H,3,12H2,1-2H3. The average Bonchev–Trinajstić information content (AvgIpc) is 2.59. The minimum atomic E-state index is -0.605. The molecule has 0 aliphatic carbocycles. The number of rotatable bonds is 6. The van der Waals surface area contributed by atoms with Crippen molar-refractivity contribution in [2.24, 2.45) is 0 Å². The van der Waals surface area contributed by atoms with Crippen molar-refractivity contribution in [1.29, 1.82) is 0 Å². The highest BCUT2D eigenvalue weighted by Gasteiger charge is 2.16. The molecule has 22 heavy (non-hydrogen) atoms. The fraction of sp³-hybridized carbons (Fsp3) is 0.278. The van der Waals surface area contributed by atoms with Crippen LogP contribution in [-0.2, 0) is 11.3 Å². The van der Waals surface area contributed by atoms with E-state index < -0.39 is 12.1 Å². The van der Waals surface area contributed by atoms with Crippen LogP contribution in [0, 0.1) is 0 Å². The highest BCUT2D eigenvalue weighted by atomic mass is 16.5. The van der Waals surface area contributed by atoms with Gasteiger partial charge in [0, 0.05) is 0 Å². The molecule has 0 aliphatic rings. The average molecular weight is 300 g/mol. The van der Waals surface area contributed by atoms with Gasteiger partial charge in [0.05, 0.1) is 13.2 Å². The van der Waals surface area contributed by atoms with Crippen LogP contribution < -0.4 is 4.74 Å². The van der Waals surface area contributed by atoms with Gasteiger partial charge in [-0.05, 0) is 29.7 Å². The minimum absolute atomic E-state index is 0.323. The summed E-state index contributed by atoms with van der Waals surface area (Å²) in [5.41, 5.74) is 2.01. The molecule has 2 aromatic carbocycles. The third-order valence-electron chi connectivity index (χ3n) is 3.42. The Balaban J connectivity index is 2.24. The Bertz CT molecular complexity index is 622. The van der Waals surface area contributed by atoms with Crippen LogP contribution in [-0.4, -0.2) is 18.2 Å². The van der Waals surface area contributed by atoms with Gasteiger partial charge in [0.2, 0.25) is 0 Å². The van der Waals surface area contributed by atoms with Gasteiger partial charge >= 0.3 is 5.97 Å². The van der Waals surface area contributed by atoms with E-state index in [1.54, 1.807) is 18.2 Å². The van der Waals surface area contributed by atoms with Crippen molar-refractivity contribution < 1.29 is 19.4 Å². The molecule has 4 heteroatoms. The molecule has 2 rings (SSSR count). The molecule has 0 fully saturated rings. The zero-order valence-corrected chi connectivity index (χ0v) is 12.8. The normalized spacial score (nSPS) is 11.8. The second kappa shape index (κ2) is 7.61. The molecule has 4 nitrogen and oxygen atoms in total. The zero-order chi connectivity index (χ0) is 15.9. The number of carbonyl (C=O) groups excluding carboxylic acids is 1. The SMILES string of the molecule is CCC(O)c1ccc(OCc2ccccc2)c(C(=O)OC)c1. The lowest BCUT2D eigenvalue weighted by Gasteiger charge is -2.14. The maximum Gasteiger partial charge on any atom is 0.341 e. The van der Waals surface area contributed by atoms with Crippen molar-refractivity contribution in [3.05, 3.63) is 65.2 Å². The molecule has 0 aromatic heterocycles. The van der Waals surface area contributed by atoms with E-state index in [1.165, 1.54) is 7.11 Å². The smallest absolute Gasteiger partial charge is 0.341 e. The topological polar surface area (TPSA) is 55.8 Å². The molecule has 0 saturated heterocycles. The van der Waals surface area contributed by atoms with Crippen molar-refractivity contribution in [2.45, 2.75) is 26.1 Å². The van der Waals surface area contributed by atoms with E-state index in [-0.39, 0.29) is 0 Å². The van der Waals surface area contributed by atoms with E-state index in [4.69, 9.17) is 9.47 Å². The van der Waals surface area contributed by atoms with Crippen molar-refractivity contribution >= 4 is 5.97 Å². The predicted octanol–water partition coefficient (Wildman–Crippen LogP) is 3.50. The molecule has 1 unspecified atom stereocenters. The number of aliphatic hydroxyl groups excluding tert-OH is 1. The lowest BCUT2D eigenvalue weighted by Crippen LogP contribution is -2.08. The third kappa shape index (κ3) is 3.86. The number of benzene rings is 2. The first-order valence-corrected chi connectivity index (χ1v) is 7.22. The van der Waals surface area contributed by atoms with Crippen LogP contribution in [0.5, 0.6) is 5.75 Å². The molecule has 0 amide bonds. The molecular formula is C18H20O4. The Morgan fingerprint density at radius 3 is 2.55 bits per heavy atom.